The van der Waals surface area contributed by atoms with Crippen LogP contribution in [0, 0.1) is 11.3 Å². The molecular weight excluding hydrogens is 332 g/mol. The van der Waals surface area contributed by atoms with Crippen LogP contribution in [0.1, 0.15) is 50.4 Å². The molecular formula is C20H26N2O4. The number of rotatable bonds is 3. The lowest BCUT2D eigenvalue weighted by atomic mass is 9.58. The summed E-state index contributed by atoms with van der Waals surface area (Å²) in [7, 11) is 0. The lowest BCUT2D eigenvalue weighted by Gasteiger charge is -2.51. The largest absolute Gasteiger partial charge is 0.444 e. The number of nitrogens with zero attached hydrogens (tertiary/aromatic N) is 1. The normalized spacial score (nSPS) is 28.8. The number of amides is 1. The standard InChI is InChI=1S/C20H26N2O4/c1-18(2,3)25-17(24)21-20-12-19(9-10-19)15(20)11-22(13-20)26-16(23)14-7-5-4-6-8-14/h4-8,15H,9-13H2,1-3H3,(H,21,24)/t15-,20+/m0/s1. The Balaban J connectivity index is 1.43. The number of alkyl carbamates (subject to hydrolysis) is 1. The van der Waals surface area contributed by atoms with Crippen molar-refractivity contribution in [3.63, 3.8) is 0 Å². The van der Waals surface area contributed by atoms with E-state index in [0.29, 0.717) is 30.0 Å². The summed E-state index contributed by atoms with van der Waals surface area (Å²) in [6.07, 6.45) is 2.92. The quantitative estimate of drug-likeness (QED) is 0.899. The van der Waals surface area contributed by atoms with Crippen LogP contribution in [-0.4, -0.2) is 41.4 Å². The molecule has 3 fully saturated rings. The van der Waals surface area contributed by atoms with Crippen LogP contribution in [0.5, 0.6) is 0 Å². The van der Waals surface area contributed by atoms with Crippen molar-refractivity contribution in [2.75, 3.05) is 13.1 Å². The van der Waals surface area contributed by atoms with E-state index >= 15 is 0 Å². The van der Waals surface area contributed by atoms with Crippen LogP contribution >= 0.6 is 0 Å². The van der Waals surface area contributed by atoms with Crippen LogP contribution in [-0.2, 0) is 9.57 Å². The molecule has 1 aromatic rings. The monoisotopic (exact) mass is 358 g/mol. The highest BCUT2D eigenvalue weighted by Crippen LogP contribution is 2.70. The fraction of sp³-hybridized carbons (Fsp3) is 0.600. The van der Waals surface area contributed by atoms with Gasteiger partial charge >= 0.3 is 12.1 Å². The van der Waals surface area contributed by atoms with E-state index in [1.807, 2.05) is 39.0 Å². The van der Waals surface area contributed by atoms with E-state index < -0.39 is 11.7 Å². The number of carbonyl (C=O) groups is 2. The van der Waals surface area contributed by atoms with E-state index in [0.717, 1.165) is 6.42 Å². The lowest BCUT2D eigenvalue weighted by Crippen LogP contribution is -2.65. The molecule has 2 atom stereocenters. The minimum Gasteiger partial charge on any atom is -0.444 e. The smallest absolute Gasteiger partial charge is 0.408 e. The predicted octanol–water partition coefficient (Wildman–Crippen LogP) is 3.14. The molecule has 1 aromatic carbocycles. The first-order chi connectivity index (χ1) is 12.2. The Labute approximate surface area is 153 Å². The van der Waals surface area contributed by atoms with Crippen LogP contribution in [0.4, 0.5) is 4.79 Å². The maximum Gasteiger partial charge on any atom is 0.408 e. The second-order valence-corrected chi connectivity index (χ2v) is 8.94. The number of ether oxygens (including phenoxy) is 1. The summed E-state index contributed by atoms with van der Waals surface area (Å²) >= 11 is 0. The molecule has 1 saturated heterocycles. The molecule has 140 valence electrons. The van der Waals surface area contributed by atoms with Gasteiger partial charge in [-0.2, -0.15) is 0 Å². The van der Waals surface area contributed by atoms with Gasteiger partial charge in [0.2, 0.25) is 0 Å². The summed E-state index contributed by atoms with van der Waals surface area (Å²) in [4.78, 5) is 30.3. The van der Waals surface area contributed by atoms with Gasteiger partial charge in [-0.3, -0.25) is 0 Å². The average molecular weight is 358 g/mol. The van der Waals surface area contributed by atoms with Crippen molar-refractivity contribution in [1.82, 2.24) is 10.4 Å². The van der Waals surface area contributed by atoms with Crippen LogP contribution in [0.2, 0.25) is 0 Å². The van der Waals surface area contributed by atoms with Gasteiger partial charge in [-0.1, -0.05) is 18.2 Å². The Hall–Kier alpha value is -2.08. The van der Waals surface area contributed by atoms with Crippen molar-refractivity contribution in [2.24, 2.45) is 11.3 Å². The van der Waals surface area contributed by atoms with E-state index in [9.17, 15) is 9.59 Å². The van der Waals surface area contributed by atoms with Gasteiger partial charge in [0.15, 0.2) is 0 Å². The summed E-state index contributed by atoms with van der Waals surface area (Å²) in [5.74, 6) is -0.0461. The zero-order chi connectivity index (χ0) is 18.6. The van der Waals surface area contributed by atoms with Gasteiger partial charge in [0.1, 0.15) is 5.60 Å². The SMILES string of the molecule is CC(C)(C)OC(=O)N[C@]12CN(OC(=O)c3ccccc3)C[C@H]1C1(CC1)C2. The summed E-state index contributed by atoms with van der Waals surface area (Å²) in [6, 6.07) is 8.97. The molecule has 1 N–H and O–H groups in total. The first-order valence-corrected chi connectivity index (χ1v) is 9.25. The second kappa shape index (κ2) is 5.71. The highest BCUT2D eigenvalue weighted by molar-refractivity contribution is 5.89. The topological polar surface area (TPSA) is 67.9 Å². The number of nitrogens with one attached hydrogen (secondary N) is 1. The van der Waals surface area contributed by atoms with Crippen LogP contribution in [0.15, 0.2) is 30.3 Å². The van der Waals surface area contributed by atoms with Gasteiger partial charge in [-0.25, -0.2) is 9.59 Å². The van der Waals surface area contributed by atoms with Gasteiger partial charge in [0.25, 0.3) is 0 Å². The highest BCUT2D eigenvalue weighted by atomic mass is 16.7. The molecule has 26 heavy (non-hydrogen) atoms. The molecule has 0 unspecified atom stereocenters. The van der Waals surface area contributed by atoms with Gasteiger partial charge in [-0.15, -0.1) is 5.06 Å². The summed E-state index contributed by atoms with van der Waals surface area (Å²) < 4.78 is 5.44. The highest BCUT2D eigenvalue weighted by Gasteiger charge is 2.72. The number of hydroxylamine groups is 2. The fourth-order valence-corrected chi connectivity index (χ4v) is 4.62. The van der Waals surface area contributed by atoms with E-state index in [2.05, 4.69) is 5.32 Å². The van der Waals surface area contributed by atoms with Gasteiger partial charge in [-0.05, 0) is 57.6 Å². The van der Waals surface area contributed by atoms with Crippen molar-refractivity contribution in [3.8, 4) is 0 Å². The molecule has 6 heteroatoms. The molecule has 2 saturated carbocycles. The van der Waals surface area contributed by atoms with Crippen molar-refractivity contribution in [3.05, 3.63) is 35.9 Å². The molecule has 1 aliphatic heterocycles. The van der Waals surface area contributed by atoms with Crippen LogP contribution in [0.3, 0.4) is 0 Å². The average Bonchev–Trinajstić information content (AvgIpc) is 3.27. The summed E-state index contributed by atoms with van der Waals surface area (Å²) in [5.41, 5.74) is -0.0318. The molecule has 0 aromatic heterocycles. The number of fused-ring (bicyclic) bond motifs is 2. The third kappa shape index (κ3) is 3.07. The maximum atomic E-state index is 12.3. The van der Waals surface area contributed by atoms with Gasteiger partial charge in [0, 0.05) is 12.5 Å². The summed E-state index contributed by atoms with van der Waals surface area (Å²) in [5, 5.41) is 4.81. The molecule has 1 amide bonds. The zero-order valence-electron chi connectivity index (χ0n) is 15.6. The minimum absolute atomic E-state index is 0.311. The minimum atomic E-state index is -0.532. The lowest BCUT2D eigenvalue weighted by molar-refractivity contribution is -0.0967. The number of benzene rings is 1. The predicted molar refractivity (Wildman–Crippen MR) is 95.3 cm³/mol. The first kappa shape index (κ1) is 17.3. The Morgan fingerprint density at radius 1 is 1.19 bits per heavy atom. The van der Waals surface area contributed by atoms with E-state index in [1.54, 1.807) is 17.2 Å². The van der Waals surface area contributed by atoms with Crippen molar-refractivity contribution in [2.45, 2.75) is 51.2 Å². The molecule has 1 heterocycles. The first-order valence-electron chi connectivity index (χ1n) is 9.25. The molecule has 2 aliphatic carbocycles. The van der Waals surface area contributed by atoms with E-state index in [1.165, 1.54) is 12.8 Å². The van der Waals surface area contributed by atoms with Crippen LogP contribution < -0.4 is 5.32 Å². The third-order valence-corrected chi connectivity index (χ3v) is 5.78. The Bertz CT molecular complexity index is 723. The Morgan fingerprint density at radius 2 is 1.88 bits per heavy atom. The number of hydrogen-bond acceptors (Lipinski definition) is 5. The Kier molecular flexibility index (Phi) is 3.81. The van der Waals surface area contributed by atoms with Crippen molar-refractivity contribution >= 4 is 12.1 Å². The fourth-order valence-electron chi connectivity index (χ4n) is 4.62. The molecule has 3 aliphatic rings. The third-order valence-electron chi connectivity index (χ3n) is 5.78. The van der Waals surface area contributed by atoms with Crippen molar-refractivity contribution < 1.29 is 19.2 Å². The Morgan fingerprint density at radius 3 is 2.50 bits per heavy atom. The summed E-state index contributed by atoms with van der Waals surface area (Å²) in [6.45, 7) is 6.74. The molecule has 6 nitrogen and oxygen atoms in total. The maximum absolute atomic E-state index is 12.3. The number of carbonyl (C=O) groups excluding carboxylic acids is 2. The van der Waals surface area contributed by atoms with E-state index in [4.69, 9.17) is 9.57 Å². The molecule has 0 radical (unpaired) electrons. The van der Waals surface area contributed by atoms with Gasteiger partial charge in [0.05, 0.1) is 17.6 Å². The van der Waals surface area contributed by atoms with Gasteiger partial charge < -0.3 is 14.9 Å². The van der Waals surface area contributed by atoms with Crippen LogP contribution in [0.25, 0.3) is 0 Å². The molecule has 1 spiro atoms. The second-order valence-electron chi connectivity index (χ2n) is 8.94. The number of hydrogen-bond donors (Lipinski definition) is 1. The molecule has 0 bridgehead atoms. The van der Waals surface area contributed by atoms with E-state index in [-0.39, 0.29) is 11.5 Å². The molecule has 4 rings (SSSR count). The zero-order valence-corrected chi connectivity index (χ0v) is 15.6. The van der Waals surface area contributed by atoms with Crippen molar-refractivity contribution in [1.29, 1.82) is 0 Å².